The Morgan fingerprint density at radius 3 is 2.71 bits per heavy atom. The summed E-state index contributed by atoms with van der Waals surface area (Å²) in [6, 6.07) is 0. The van der Waals surface area contributed by atoms with Gasteiger partial charge in [0.05, 0.1) is 12.3 Å². The zero-order valence-electron chi connectivity index (χ0n) is 7.73. The second-order valence-electron chi connectivity index (χ2n) is 2.50. The number of carbonyl (C=O) groups is 2. The molecule has 0 saturated carbocycles. The quantitative estimate of drug-likeness (QED) is 0.726. The van der Waals surface area contributed by atoms with E-state index in [2.05, 4.69) is 14.4 Å². The van der Waals surface area contributed by atoms with Gasteiger partial charge >= 0.3 is 11.9 Å². The summed E-state index contributed by atoms with van der Waals surface area (Å²) in [6.45, 7) is 3.27. The zero-order chi connectivity index (χ0) is 10.7. The number of carbonyl (C=O) groups excluding carboxylic acids is 1. The lowest BCUT2D eigenvalue weighted by atomic mass is 10.2. The first-order valence-electron chi connectivity index (χ1n) is 3.94. The van der Waals surface area contributed by atoms with Crippen LogP contribution >= 0.6 is 0 Å². The number of carboxylic acid groups (broad SMARTS) is 1. The van der Waals surface area contributed by atoms with Crippen molar-refractivity contribution < 1.29 is 24.0 Å². The standard InChI is InChI=1S/C8H9NO5/c1-3-13-8(12)5-4(2)9-14-6(5)7(10)11/h3H2,1-2H3,(H,10,11). The summed E-state index contributed by atoms with van der Waals surface area (Å²) in [4.78, 5) is 21.9. The van der Waals surface area contributed by atoms with Crippen LogP contribution in [-0.2, 0) is 4.74 Å². The summed E-state index contributed by atoms with van der Waals surface area (Å²) < 4.78 is 9.13. The SMILES string of the molecule is CCOC(=O)c1c(C)noc1C(=O)O. The number of hydrogen-bond donors (Lipinski definition) is 1. The van der Waals surface area contributed by atoms with E-state index in [-0.39, 0.29) is 17.9 Å². The van der Waals surface area contributed by atoms with Crippen molar-refractivity contribution in [2.24, 2.45) is 0 Å². The number of esters is 1. The first-order chi connectivity index (χ1) is 6.57. The molecule has 1 heterocycles. The molecule has 0 spiro atoms. The third-order valence-corrected chi connectivity index (χ3v) is 1.54. The van der Waals surface area contributed by atoms with Crippen LogP contribution in [-0.4, -0.2) is 28.8 Å². The van der Waals surface area contributed by atoms with Gasteiger partial charge in [-0.15, -0.1) is 0 Å². The van der Waals surface area contributed by atoms with Crippen molar-refractivity contribution in [3.63, 3.8) is 0 Å². The number of aromatic carboxylic acids is 1. The van der Waals surface area contributed by atoms with Gasteiger partial charge in [0.25, 0.3) is 5.76 Å². The van der Waals surface area contributed by atoms with Crippen LogP contribution in [0.1, 0.15) is 33.5 Å². The molecule has 76 valence electrons. The molecule has 0 aliphatic rings. The highest BCUT2D eigenvalue weighted by Crippen LogP contribution is 2.14. The Hall–Kier alpha value is -1.85. The summed E-state index contributed by atoms with van der Waals surface area (Å²) in [6.07, 6.45) is 0. The zero-order valence-corrected chi connectivity index (χ0v) is 7.73. The van der Waals surface area contributed by atoms with Crippen molar-refractivity contribution in [1.82, 2.24) is 5.16 Å². The molecular weight excluding hydrogens is 190 g/mol. The molecule has 1 aromatic rings. The van der Waals surface area contributed by atoms with E-state index >= 15 is 0 Å². The number of aromatic nitrogens is 1. The Morgan fingerprint density at radius 2 is 2.21 bits per heavy atom. The highest BCUT2D eigenvalue weighted by molar-refractivity contribution is 6.01. The smallest absolute Gasteiger partial charge is 0.375 e. The van der Waals surface area contributed by atoms with Crippen molar-refractivity contribution in [2.45, 2.75) is 13.8 Å². The van der Waals surface area contributed by atoms with Crippen molar-refractivity contribution in [3.8, 4) is 0 Å². The van der Waals surface area contributed by atoms with Crippen molar-refractivity contribution >= 4 is 11.9 Å². The van der Waals surface area contributed by atoms with Crippen molar-refractivity contribution in [3.05, 3.63) is 17.0 Å². The van der Waals surface area contributed by atoms with Gasteiger partial charge < -0.3 is 14.4 Å². The fraction of sp³-hybridized carbons (Fsp3) is 0.375. The molecule has 14 heavy (non-hydrogen) atoms. The second kappa shape index (κ2) is 3.91. The topological polar surface area (TPSA) is 89.6 Å². The maximum absolute atomic E-state index is 11.3. The van der Waals surface area contributed by atoms with E-state index in [1.807, 2.05) is 0 Å². The summed E-state index contributed by atoms with van der Waals surface area (Å²) >= 11 is 0. The average Bonchev–Trinajstić information content (AvgIpc) is 2.47. The predicted octanol–water partition coefficient (Wildman–Crippen LogP) is 0.858. The number of ether oxygens (including phenoxy) is 1. The third-order valence-electron chi connectivity index (χ3n) is 1.54. The Balaban J connectivity index is 3.11. The van der Waals surface area contributed by atoms with Crippen molar-refractivity contribution in [1.29, 1.82) is 0 Å². The molecule has 0 bridgehead atoms. The van der Waals surface area contributed by atoms with Crippen LogP contribution in [0.2, 0.25) is 0 Å². The fourth-order valence-electron chi connectivity index (χ4n) is 0.959. The summed E-state index contributed by atoms with van der Waals surface area (Å²) in [5, 5.41) is 12.0. The van der Waals surface area contributed by atoms with Gasteiger partial charge in [-0.25, -0.2) is 9.59 Å². The molecule has 0 unspecified atom stereocenters. The number of aryl methyl sites for hydroxylation is 1. The predicted molar refractivity (Wildman–Crippen MR) is 44.2 cm³/mol. The fourth-order valence-corrected chi connectivity index (χ4v) is 0.959. The highest BCUT2D eigenvalue weighted by Gasteiger charge is 2.26. The van der Waals surface area contributed by atoms with Gasteiger partial charge in [0.15, 0.2) is 0 Å². The molecule has 0 aliphatic heterocycles. The van der Waals surface area contributed by atoms with E-state index in [4.69, 9.17) is 5.11 Å². The van der Waals surface area contributed by atoms with Crippen LogP contribution in [0.25, 0.3) is 0 Å². The molecule has 1 N–H and O–H groups in total. The molecule has 0 amide bonds. The molecule has 1 aromatic heterocycles. The number of rotatable bonds is 3. The minimum atomic E-state index is -1.34. The van der Waals surface area contributed by atoms with Gasteiger partial charge in [0, 0.05) is 0 Å². The largest absolute Gasteiger partial charge is 0.475 e. The first-order valence-corrected chi connectivity index (χ1v) is 3.94. The lowest BCUT2D eigenvalue weighted by Crippen LogP contribution is -2.10. The monoisotopic (exact) mass is 199 g/mol. The maximum atomic E-state index is 11.3. The normalized spacial score (nSPS) is 9.86. The van der Waals surface area contributed by atoms with E-state index in [9.17, 15) is 9.59 Å². The summed E-state index contributed by atoms with van der Waals surface area (Å²) in [5.41, 5.74) is 0.0835. The Labute approximate surface area is 79.5 Å². The Kier molecular flexibility index (Phi) is 2.85. The minimum Gasteiger partial charge on any atom is -0.475 e. The molecule has 0 fully saturated rings. The third kappa shape index (κ3) is 1.73. The highest BCUT2D eigenvalue weighted by atomic mass is 16.5. The van der Waals surface area contributed by atoms with Crippen molar-refractivity contribution in [2.75, 3.05) is 6.61 Å². The molecule has 0 radical (unpaired) electrons. The molecule has 0 atom stereocenters. The number of carboxylic acids is 1. The van der Waals surface area contributed by atoms with Gasteiger partial charge in [0.2, 0.25) is 0 Å². The van der Waals surface area contributed by atoms with Gasteiger partial charge in [0.1, 0.15) is 5.56 Å². The van der Waals surface area contributed by atoms with E-state index in [1.165, 1.54) is 6.92 Å². The first kappa shape index (κ1) is 10.2. The summed E-state index contributed by atoms with van der Waals surface area (Å²) in [7, 11) is 0. The van der Waals surface area contributed by atoms with E-state index in [0.29, 0.717) is 0 Å². The minimum absolute atomic E-state index is 0.126. The number of nitrogens with zero attached hydrogens (tertiary/aromatic N) is 1. The van der Waals surface area contributed by atoms with Crippen LogP contribution < -0.4 is 0 Å². The molecule has 6 heteroatoms. The Bertz CT molecular complexity index is 368. The van der Waals surface area contributed by atoms with Crippen LogP contribution in [0.15, 0.2) is 4.52 Å². The Morgan fingerprint density at radius 1 is 1.57 bits per heavy atom. The lowest BCUT2D eigenvalue weighted by Gasteiger charge is -1.99. The molecule has 1 rings (SSSR count). The van der Waals surface area contributed by atoms with E-state index in [0.717, 1.165) is 0 Å². The second-order valence-corrected chi connectivity index (χ2v) is 2.50. The molecule has 0 aliphatic carbocycles. The van der Waals surface area contributed by atoms with E-state index in [1.54, 1.807) is 6.92 Å². The number of hydrogen-bond acceptors (Lipinski definition) is 5. The molecule has 0 aromatic carbocycles. The average molecular weight is 199 g/mol. The molecular formula is C8H9NO5. The van der Waals surface area contributed by atoms with Crippen LogP contribution in [0.4, 0.5) is 0 Å². The van der Waals surface area contributed by atoms with Crippen LogP contribution in [0.5, 0.6) is 0 Å². The lowest BCUT2D eigenvalue weighted by molar-refractivity contribution is 0.0506. The summed E-state index contributed by atoms with van der Waals surface area (Å²) in [5.74, 6) is -2.56. The molecule has 0 saturated heterocycles. The van der Waals surface area contributed by atoms with Gasteiger partial charge in [-0.2, -0.15) is 0 Å². The van der Waals surface area contributed by atoms with E-state index < -0.39 is 17.7 Å². The van der Waals surface area contributed by atoms with Crippen LogP contribution in [0, 0.1) is 6.92 Å². The van der Waals surface area contributed by atoms with Gasteiger partial charge in [-0.3, -0.25) is 0 Å². The molecule has 6 nitrogen and oxygen atoms in total. The van der Waals surface area contributed by atoms with Crippen LogP contribution in [0.3, 0.4) is 0 Å². The maximum Gasteiger partial charge on any atom is 0.375 e. The van der Waals surface area contributed by atoms with Gasteiger partial charge in [-0.05, 0) is 13.8 Å². The van der Waals surface area contributed by atoms with Gasteiger partial charge in [-0.1, -0.05) is 5.16 Å².